The van der Waals surface area contributed by atoms with E-state index in [4.69, 9.17) is 0 Å². The Morgan fingerprint density at radius 1 is 0.971 bits per heavy atom. The summed E-state index contributed by atoms with van der Waals surface area (Å²) in [5.74, 6) is 0.0801. The van der Waals surface area contributed by atoms with Crippen molar-refractivity contribution in [2.45, 2.75) is 43.7 Å². The second kappa shape index (κ2) is 9.46. The van der Waals surface area contributed by atoms with Crippen LogP contribution in [0.25, 0.3) is 11.1 Å². The Balaban J connectivity index is 1.33. The van der Waals surface area contributed by atoms with E-state index in [2.05, 4.69) is 12.1 Å². The summed E-state index contributed by atoms with van der Waals surface area (Å²) in [7, 11) is 3.47. The van der Waals surface area contributed by atoms with Crippen molar-refractivity contribution in [2.75, 3.05) is 33.8 Å². The van der Waals surface area contributed by atoms with Crippen molar-refractivity contribution < 1.29 is 19.5 Å². The molecule has 0 radical (unpaired) electrons. The number of aliphatic hydroxyl groups excluding tert-OH is 1. The molecule has 2 saturated heterocycles. The molecule has 184 valence electrons. The van der Waals surface area contributed by atoms with E-state index < -0.39 is 0 Å². The van der Waals surface area contributed by atoms with Crippen LogP contribution >= 0.6 is 0 Å². The van der Waals surface area contributed by atoms with E-state index in [1.807, 2.05) is 36.4 Å². The molecule has 2 aromatic carbocycles. The zero-order chi connectivity index (χ0) is 24.7. The van der Waals surface area contributed by atoms with Gasteiger partial charge in [-0.2, -0.15) is 0 Å². The van der Waals surface area contributed by atoms with Crippen molar-refractivity contribution in [3.8, 4) is 11.1 Å². The van der Waals surface area contributed by atoms with E-state index in [0.717, 1.165) is 42.4 Å². The molecule has 7 nitrogen and oxygen atoms in total. The highest BCUT2D eigenvalue weighted by Crippen LogP contribution is 2.43. The van der Waals surface area contributed by atoms with E-state index in [1.165, 1.54) is 0 Å². The fourth-order valence-corrected chi connectivity index (χ4v) is 6.06. The van der Waals surface area contributed by atoms with Gasteiger partial charge in [0.05, 0.1) is 25.2 Å². The molecule has 35 heavy (non-hydrogen) atoms. The lowest BCUT2D eigenvalue weighted by Gasteiger charge is -2.59. The van der Waals surface area contributed by atoms with Gasteiger partial charge in [-0.3, -0.25) is 14.4 Å². The Kier molecular flexibility index (Phi) is 6.36. The van der Waals surface area contributed by atoms with Crippen molar-refractivity contribution in [1.29, 1.82) is 0 Å². The van der Waals surface area contributed by atoms with E-state index in [-0.39, 0.29) is 54.8 Å². The molecule has 1 aliphatic carbocycles. The lowest BCUT2D eigenvalue weighted by molar-refractivity contribution is -0.168. The van der Waals surface area contributed by atoms with Gasteiger partial charge >= 0.3 is 0 Å². The highest BCUT2D eigenvalue weighted by atomic mass is 16.3. The lowest BCUT2D eigenvalue weighted by Crippen LogP contribution is -2.73. The third-order valence-electron chi connectivity index (χ3n) is 7.94. The normalized spacial score (nSPS) is 24.2. The Hall–Kier alpha value is -3.19. The summed E-state index contributed by atoms with van der Waals surface area (Å²) in [5.41, 5.74) is 3.76. The van der Waals surface area contributed by atoms with Crippen LogP contribution in [-0.2, 0) is 9.59 Å². The summed E-state index contributed by atoms with van der Waals surface area (Å²) in [6.45, 7) is 0.568. The third-order valence-corrected chi connectivity index (χ3v) is 7.94. The highest BCUT2D eigenvalue weighted by Gasteiger charge is 2.54. The molecule has 2 heterocycles. The van der Waals surface area contributed by atoms with Crippen molar-refractivity contribution in [1.82, 2.24) is 14.7 Å². The summed E-state index contributed by atoms with van der Waals surface area (Å²) in [6.07, 6.45) is 4.02. The van der Waals surface area contributed by atoms with Gasteiger partial charge in [0.15, 0.2) is 0 Å². The van der Waals surface area contributed by atoms with Crippen LogP contribution in [0, 0.1) is 5.92 Å². The molecule has 3 fully saturated rings. The number of hydrogen-bond donors (Lipinski definition) is 1. The molecular weight excluding hydrogens is 442 g/mol. The number of hydrogen-bond acceptors (Lipinski definition) is 4. The van der Waals surface area contributed by atoms with Crippen LogP contribution in [0.4, 0.5) is 0 Å². The average Bonchev–Trinajstić information content (AvgIpc) is 3.40. The van der Waals surface area contributed by atoms with Crippen LogP contribution in [-0.4, -0.2) is 83.4 Å². The molecule has 2 aliphatic heterocycles. The number of amides is 3. The fourth-order valence-electron chi connectivity index (χ4n) is 6.06. The number of carbonyl (C=O) groups excluding carboxylic acids is 3. The number of nitrogens with zero attached hydrogens (tertiary/aromatic N) is 3. The highest BCUT2D eigenvalue weighted by molar-refractivity contribution is 5.94. The molecule has 5 rings (SSSR count). The quantitative estimate of drug-likeness (QED) is 0.721. The average molecular weight is 476 g/mol. The number of benzene rings is 2. The van der Waals surface area contributed by atoms with E-state index in [0.29, 0.717) is 12.1 Å². The smallest absolute Gasteiger partial charge is 0.253 e. The van der Waals surface area contributed by atoms with Crippen LogP contribution in [0.1, 0.15) is 47.5 Å². The van der Waals surface area contributed by atoms with Crippen molar-refractivity contribution in [3.05, 3.63) is 59.7 Å². The number of aliphatic hydroxyl groups is 1. The Morgan fingerprint density at radius 2 is 1.57 bits per heavy atom. The molecule has 0 bridgehead atoms. The monoisotopic (exact) mass is 475 g/mol. The van der Waals surface area contributed by atoms with Gasteiger partial charge in [-0.15, -0.1) is 0 Å². The summed E-state index contributed by atoms with van der Waals surface area (Å²) >= 11 is 0. The zero-order valence-corrected chi connectivity index (χ0v) is 20.4. The van der Waals surface area contributed by atoms with Crippen LogP contribution in [0.2, 0.25) is 0 Å². The largest absolute Gasteiger partial charge is 0.394 e. The Labute approximate surface area is 206 Å². The number of piperazine rings is 1. The predicted octanol–water partition coefficient (Wildman–Crippen LogP) is 2.74. The SMILES string of the molecule is CN(C)C(=O)c1ccc(-c2ccc([C@H]3[C@@H](CO)N4C(=O)CN(C(=O)C5CCCC5)C[C@@H]34)cc2)cc1. The van der Waals surface area contributed by atoms with E-state index in [9.17, 15) is 19.5 Å². The first-order valence-electron chi connectivity index (χ1n) is 12.5. The van der Waals surface area contributed by atoms with Gasteiger partial charge in [0.25, 0.3) is 5.91 Å². The van der Waals surface area contributed by atoms with Crippen LogP contribution in [0.15, 0.2) is 48.5 Å². The molecule has 3 aliphatic rings. The second-order valence-electron chi connectivity index (χ2n) is 10.2. The van der Waals surface area contributed by atoms with Gasteiger partial charge in [0.1, 0.15) is 0 Å². The maximum absolute atomic E-state index is 13.0. The fraction of sp³-hybridized carbons (Fsp3) is 0.464. The van der Waals surface area contributed by atoms with E-state index >= 15 is 0 Å². The molecule has 0 unspecified atom stereocenters. The molecule has 1 N–H and O–H groups in total. The zero-order valence-electron chi connectivity index (χ0n) is 20.4. The van der Waals surface area contributed by atoms with Crippen molar-refractivity contribution >= 4 is 17.7 Å². The first-order chi connectivity index (χ1) is 16.9. The summed E-state index contributed by atoms with van der Waals surface area (Å²) in [5, 5.41) is 10.1. The molecule has 0 spiro atoms. The Morgan fingerprint density at radius 3 is 2.14 bits per heavy atom. The molecule has 2 aromatic rings. The van der Waals surface area contributed by atoms with Gasteiger partial charge in [-0.1, -0.05) is 49.2 Å². The van der Waals surface area contributed by atoms with Crippen molar-refractivity contribution in [2.24, 2.45) is 5.92 Å². The number of fused-ring (bicyclic) bond motifs is 1. The van der Waals surface area contributed by atoms with Crippen LogP contribution < -0.4 is 0 Å². The summed E-state index contributed by atoms with van der Waals surface area (Å²) in [6, 6.07) is 15.4. The minimum absolute atomic E-state index is 0.00253. The predicted molar refractivity (Wildman–Crippen MR) is 133 cm³/mol. The summed E-state index contributed by atoms with van der Waals surface area (Å²) in [4.78, 5) is 43.1. The van der Waals surface area contributed by atoms with Gasteiger partial charge in [-0.05, 0) is 41.7 Å². The summed E-state index contributed by atoms with van der Waals surface area (Å²) < 4.78 is 0. The first-order valence-corrected chi connectivity index (χ1v) is 12.5. The van der Waals surface area contributed by atoms with Gasteiger partial charge in [-0.25, -0.2) is 0 Å². The van der Waals surface area contributed by atoms with Gasteiger partial charge in [0, 0.05) is 38.0 Å². The molecule has 1 saturated carbocycles. The number of rotatable bonds is 5. The molecule has 3 amide bonds. The third kappa shape index (κ3) is 4.22. The number of carbonyl (C=O) groups is 3. The van der Waals surface area contributed by atoms with E-state index in [1.54, 1.807) is 28.8 Å². The first kappa shape index (κ1) is 23.5. The van der Waals surface area contributed by atoms with Crippen molar-refractivity contribution in [3.63, 3.8) is 0 Å². The Bertz CT molecular complexity index is 1110. The minimum atomic E-state index is -0.251. The van der Waals surface area contributed by atoms with Crippen LogP contribution in [0.3, 0.4) is 0 Å². The maximum Gasteiger partial charge on any atom is 0.253 e. The van der Waals surface area contributed by atoms with Gasteiger partial charge < -0.3 is 19.8 Å². The maximum atomic E-state index is 13.0. The minimum Gasteiger partial charge on any atom is -0.394 e. The molecule has 3 atom stereocenters. The van der Waals surface area contributed by atoms with Gasteiger partial charge in [0.2, 0.25) is 11.8 Å². The topological polar surface area (TPSA) is 81.2 Å². The standard InChI is InChI=1S/C28H33N3O4/c1-29(2)27(34)22-13-9-19(10-14-22)18-7-11-20(12-8-18)26-23-15-30(28(35)21-5-3-4-6-21)16-25(33)31(23)24(26)17-32/h7-14,21,23-24,26,32H,3-6,15-17H2,1-2H3/t23-,24+,26+/m0/s1. The van der Waals surface area contributed by atoms with Crippen LogP contribution in [0.5, 0.6) is 0 Å². The molecule has 7 heteroatoms. The lowest BCUT2D eigenvalue weighted by atomic mass is 9.73. The molecule has 0 aromatic heterocycles. The molecular formula is C28H33N3O4. The second-order valence-corrected chi connectivity index (χ2v) is 10.2.